The van der Waals surface area contributed by atoms with E-state index in [1.54, 1.807) is 30.5 Å². The van der Waals surface area contributed by atoms with Gasteiger partial charge < -0.3 is 10.6 Å². The molecule has 29 heavy (non-hydrogen) atoms. The van der Waals surface area contributed by atoms with Crippen molar-refractivity contribution >= 4 is 56.5 Å². The van der Waals surface area contributed by atoms with Gasteiger partial charge in [0.25, 0.3) is 10.0 Å². The number of rotatable bonds is 8. The summed E-state index contributed by atoms with van der Waals surface area (Å²) in [4.78, 5) is -0.0522. The fraction of sp³-hybridized carbons (Fsp3) is 0.105. The molecule has 0 aliphatic heterocycles. The Kier molecular flexibility index (Phi) is 7.02. The molecule has 0 amide bonds. The molecule has 3 rings (SSSR count). The Bertz CT molecular complexity index is 1110. The van der Waals surface area contributed by atoms with Crippen LogP contribution >= 0.6 is 34.5 Å². The lowest BCUT2D eigenvalue weighted by Crippen LogP contribution is -2.12. The molecule has 0 bridgehead atoms. The maximum Gasteiger partial charge on any atom is 0.264 e. The molecule has 3 N–H and O–H groups in total. The van der Waals surface area contributed by atoms with E-state index in [9.17, 15) is 8.42 Å². The van der Waals surface area contributed by atoms with Gasteiger partial charge in [-0.25, -0.2) is 8.42 Å². The van der Waals surface area contributed by atoms with Crippen LogP contribution in [-0.4, -0.2) is 21.2 Å². The SMILES string of the molecule is NN=Cc1ccc(CCOc2cccc(NS(=O)(=O)c3cc(Cl)sc3Cl)c2)cc1. The van der Waals surface area contributed by atoms with Gasteiger partial charge in [-0.15, -0.1) is 11.3 Å². The van der Waals surface area contributed by atoms with Crippen LogP contribution in [0.3, 0.4) is 0 Å². The number of nitrogens with zero attached hydrogens (tertiary/aromatic N) is 1. The zero-order valence-corrected chi connectivity index (χ0v) is 18.2. The highest BCUT2D eigenvalue weighted by atomic mass is 35.5. The van der Waals surface area contributed by atoms with E-state index < -0.39 is 10.0 Å². The molecule has 6 nitrogen and oxygen atoms in total. The molecule has 10 heteroatoms. The Labute approximate surface area is 183 Å². The topological polar surface area (TPSA) is 93.8 Å². The molecule has 0 fully saturated rings. The van der Waals surface area contributed by atoms with Gasteiger partial charge in [0.05, 0.1) is 22.8 Å². The van der Waals surface area contributed by atoms with E-state index in [4.69, 9.17) is 33.8 Å². The first kappa shape index (κ1) is 21.4. The maximum absolute atomic E-state index is 12.5. The van der Waals surface area contributed by atoms with Gasteiger partial charge in [0, 0.05) is 12.5 Å². The van der Waals surface area contributed by atoms with Gasteiger partial charge in [0.1, 0.15) is 15.0 Å². The number of hydrogen-bond donors (Lipinski definition) is 2. The van der Waals surface area contributed by atoms with Gasteiger partial charge in [0.15, 0.2) is 0 Å². The van der Waals surface area contributed by atoms with Crippen molar-refractivity contribution in [2.45, 2.75) is 11.3 Å². The number of ether oxygens (including phenoxy) is 1. The van der Waals surface area contributed by atoms with Gasteiger partial charge in [-0.1, -0.05) is 53.5 Å². The van der Waals surface area contributed by atoms with E-state index in [0.717, 1.165) is 22.5 Å². The third kappa shape index (κ3) is 5.86. The average Bonchev–Trinajstić information content (AvgIpc) is 3.03. The summed E-state index contributed by atoms with van der Waals surface area (Å²) in [6.45, 7) is 0.437. The maximum atomic E-state index is 12.5. The monoisotopic (exact) mass is 469 g/mol. The van der Waals surface area contributed by atoms with Crippen LogP contribution in [0.2, 0.25) is 8.67 Å². The summed E-state index contributed by atoms with van der Waals surface area (Å²) in [5.74, 6) is 5.68. The molecule has 0 saturated carbocycles. The number of benzene rings is 2. The summed E-state index contributed by atoms with van der Waals surface area (Å²) in [6, 6.07) is 15.8. The molecule has 0 aliphatic carbocycles. The van der Waals surface area contributed by atoms with Crippen molar-refractivity contribution in [3.63, 3.8) is 0 Å². The highest BCUT2D eigenvalue weighted by molar-refractivity contribution is 7.93. The second kappa shape index (κ2) is 9.49. The normalized spacial score (nSPS) is 11.7. The predicted octanol–water partition coefficient (Wildman–Crippen LogP) is 4.77. The number of hydrogen-bond acceptors (Lipinski definition) is 6. The molecule has 0 saturated heterocycles. The van der Waals surface area contributed by atoms with Crippen LogP contribution in [0.25, 0.3) is 0 Å². The minimum atomic E-state index is -3.84. The summed E-state index contributed by atoms with van der Waals surface area (Å²) in [6.07, 6.45) is 2.27. The summed E-state index contributed by atoms with van der Waals surface area (Å²) in [5, 5.41) is 3.48. The molecule has 0 radical (unpaired) electrons. The number of thiophene rings is 1. The van der Waals surface area contributed by atoms with Crippen molar-refractivity contribution in [3.05, 3.63) is 74.4 Å². The van der Waals surface area contributed by atoms with Crippen LogP contribution in [-0.2, 0) is 16.4 Å². The molecular formula is C19H17Cl2N3O3S2. The van der Waals surface area contributed by atoms with Crippen molar-refractivity contribution in [1.82, 2.24) is 0 Å². The van der Waals surface area contributed by atoms with Gasteiger partial charge >= 0.3 is 0 Å². The molecule has 3 aromatic rings. The van der Waals surface area contributed by atoms with E-state index in [2.05, 4.69) is 9.82 Å². The van der Waals surface area contributed by atoms with Gasteiger partial charge in [-0.3, -0.25) is 4.72 Å². The zero-order chi connectivity index (χ0) is 20.9. The second-order valence-corrected chi connectivity index (χ2v) is 9.88. The summed E-state index contributed by atoms with van der Waals surface area (Å²) >= 11 is 12.8. The van der Waals surface area contributed by atoms with E-state index in [1.807, 2.05) is 24.3 Å². The Morgan fingerprint density at radius 2 is 1.90 bits per heavy atom. The first-order valence-electron chi connectivity index (χ1n) is 8.40. The van der Waals surface area contributed by atoms with Crippen molar-refractivity contribution in [2.75, 3.05) is 11.3 Å². The van der Waals surface area contributed by atoms with Gasteiger partial charge in [-0.05, 0) is 29.3 Å². The zero-order valence-electron chi connectivity index (χ0n) is 15.0. The average molecular weight is 470 g/mol. The lowest BCUT2D eigenvalue weighted by Gasteiger charge is -2.10. The summed E-state index contributed by atoms with van der Waals surface area (Å²) in [5.41, 5.74) is 2.38. The Hall–Kier alpha value is -2.26. The van der Waals surface area contributed by atoms with Gasteiger partial charge in [-0.2, -0.15) is 5.10 Å². The minimum absolute atomic E-state index is 0.0522. The third-order valence-electron chi connectivity index (χ3n) is 3.86. The molecule has 2 aromatic carbocycles. The highest BCUT2D eigenvalue weighted by Gasteiger charge is 2.21. The van der Waals surface area contributed by atoms with Crippen molar-refractivity contribution in [2.24, 2.45) is 10.9 Å². The Morgan fingerprint density at radius 3 is 2.55 bits per heavy atom. The Balaban J connectivity index is 1.61. The largest absolute Gasteiger partial charge is 0.493 e. The first-order chi connectivity index (χ1) is 13.9. The minimum Gasteiger partial charge on any atom is -0.493 e. The van der Waals surface area contributed by atoms with Gasteiger partial charge in [0.2, 0.25) is 0 Å². The molecule has 1 aromatic heterocycles. The lowest BCUT2D eigenvalue weighted by molar-refractivity contribution is 0.322. The summed E-state index contributed by atoms with van der Waals surface area (Å²) in [7, 11) is -3.84. The van der Waals surface area contributed by atoms with E-state index >= 15 is 0 Å². The number of nitrogens with one attached hydrogen (secondary N) is 1. The van der Waals surface area contributed by atoms with Crippen molar-refractivity contribution in [3.8, 4) is 5.75 Å². The fourth-order valence-electron chi connectivity index (χ4n) is 2.51. The van der Waals surface area contributed by atoms with Crippen LogP contribution in [0.5, 0.6) is 5.75 Å². The van der Waals surface area contributed by atoms with E-state index in [0.29, 0.717) is 28.8 Å². The molecule has 0 spiro atoms. The molecule has 152 valence electrons. The molecule has 0 aliphatic rings. The molecule has 0 atom stereocenters. The van der Waals surface area contributed by atoms with E-state index in [-0.39, 0.29) is 9.23 Å². The lowest BCUT2D eigenvalue weighted by atomic mass is 10.1. The third-order valence-corrected chi connectivity index (χ3v) is 7.00. The number of hydrazone groups is 1. The first-order valence-corrected chi connectivity index (χ1v) is 11.5. The number of anilines is 1. The number of sulfonamides is 1. The van der Waals surface area contributed by atoms with Crippen molar-refractivity contribution < 1.29 is 13.2 Å². The molecular weight excluding hydrogens is 453 g/mol. The highest BCUT2D eigenvalue weighted by Crippen LogP contribution is 2.35. The second-order valence-electron chi connectivity index (χ2n) is 5.94. The summed E-state index contributed by atoms with van der Waals surface area (Å²) < 4.78 is 33.7. The number of halogens is 2. The molecule has 1 heterocycles. The van der Waals surface area contributed by atoms with Crippen LogP contribution in [0, 0.1) is 0 Å². The Morgan fingerprint density at radius 1 is 1.14 bits per heavy atom. The quantitative estimate of drug-likeness (QED) is 0.282. The van der Waals surface area contributed by atoms with E-state index in [1.165, 1.54) is 6.07 Å². The predicted molar refractivity (Wildman–Crippen MR) is 119 cm³/mol. The smallest absolute Gasteiger partial charge is 0.264 e. The number of nitrogens with two attached hydrogens (primary N) is 1. The molecule has 0 unspecified atom stereocenters. The van der Waals surface area contributed by atoms with Crippen LogP contribution in [0.15, 0.2) is 64.6 Å². The van der Waals surface area contributed by atoms with Crippen LogP contribution < -0.4 is 15.3 Å². The van der Waals surface area contributed by atoms with Crippen LogP contribution in [0.1, 0.15) is 11.1 Å². The van der Waals surface area contributed by atoms with Crippen molar-refractivity contribution in [1.29, 1.82) is 0 Å². The van der Waals surface area contributed by atoms with Crippen LogP contribution in [0.4, 0.5) is 5.69 Å². The fourth-order valence-corrected chi connectivity index (χ4v) is 5.71. The standard InChI is InChI=1S/C19H17Cl2N3O3S2/c20-18-11-17(19(21)28-18)29(25,26)24-15-2-1-3-16(10-15)27-9-8-13-4-6-14(7-5-13)12-23-22/h1-7,10-12,24H,8-9,22H2.